The summed E-state index contributed by atoms with van der Waals surface area (Å²) in [5.41, 5.74) is 3.05. The second kappa shape index (κ2) is 11.6. The zero-order chi connectivity index (χ0) is 24.9. The largest absolute Gasteiger partial charge is 0.481 e. The molecule has 2 heterocycles. The molecular weight excluding hydrogens is 550 g/mol. The van der Waals surface area contributed by atoms with Crippen LogP contribution in [-0.2, 0) is 4.79 Å². The SMILES string of the molecule is Cc1c(N2CCSCC2)nc2ccc(Br)cc2c1C(=O)NC[C@@H](CCC(=O)O)c1ccccc1Cl. The van der Waals surface area contributed by atoms with E-state index < -0.39 is 5.97 Å². The number of carbonyl (C=O) groups is 2. The lowest BCUT2D eigenvalue weighted by Gasteiger charge is -2.30. The maximum Gasteiger partial charge on any atom is 0.303 e. The van der Waals surface area contributed by atoms with Crippen molar-refractivity contribution in [3.63, 3.8) is 0 Å². The summed E-state index contributed by atoms with van der Waals surface area (Å²) >= 11 is 11.9. The number of pyridine rings is 1. The number of aliphatic carboxylic acids is 1. The summed E-state index contributed by atoms with van der Waals surface area (Å²) < 4.78 is 0.873. The van der Waals surface area contributed by atoms with Gasteiger partial charge < -0.3 is 15.3 Å². The Hall–Kier alpha value is -2.29. The lowest BCUT2D eigenvalue weighted by atomic mass is 9.93. The van der Waals surface area contributed by atoms with E-state index in [2.05, 4.69) is 26.1 Å². The Labute approximate surface area is 222 Å². The highest BCUT2D eigenvalue weighted by atomic mass is 79.9. The van der Waals surface area contributed by atoms with E-state index in [-0.39, 0.29) is 24.8 Å². The van der Waals surface area contributed by atoms with Crippen molar-refractivity contribution in [1.82, 2.24) is 10.3 Å². The number of carboxylic acid groups (broad SMARTS) is 1. The number of benzene rings is 2. The van der Waals surface area contributed by atoms with Gasteiger partial charge in [-0.15, -0.1) is 0 Å². The first-order valence-electron chi connectivity index (χ1n) is 11.5. The number of hydrogen-bond donors (Lipinski definition) is 2. The van der Waals surface area contributed by atoms with Crippen molar-refractivity contribution < 1.29 is 14.7 Å². The highest BCUT2D eigenvalue weighted by Gasteiger charge is 2.24. The van der Waals surface area contributed by atoms with Gasteiger partial charge in [-0.2, -0.15) is 11.8 Å². The van der Waals surface area contributed by atoms with Gasteiger partial charge in [0, 0.05) is 63.9 Å². The molecule has 0 bridgehead atoms. The Kier molecular flexibility index (Phi) is 8.57. The van der Waals surface area contributed by atoms with Crippen LogP contribution in [0, 0.1) is 6.92 Å². The Balaban J connectivity index is 1.67. The molecule has 1 atom stereocenters. The summed E-state index contributed by atoms with van der Waals surface area (Å²) in [6, 6.07) is 13.2. The van der Waals surface area contributed by atoms with Gasteiger partial charge in [-0.25, -0.2) is 4.98 Å². The number of nitrogens with one attached hydrogen (secondary N) is 1. The van der Waals surface area contributed by atoms with Gasteiger partial charge in [0.2, 0.25) is 0 Å². The molecule has 1 amide bonds. The number of anilines is 1. The molecule has 0 aliphatic carbocycles. The molecule has 0 saturated carbocycles. The van der Waals surface area contributed by atoms with Gasteiger partial charge in [0.1, 0.15) is 5.82 Å². The number of carbonyl (C=O) groups excluding carboxylic acids is 1. The lowest BCUT2D eigenvalue weighted by molar-refractivity contribution is -0.137. The summed E-state index contributed by atoms with van der Waals surface area (Å²) in [6.45, 7) is 4.02. The van der Waals surface area contributed by atoms with Gasteiger partial charge >= 0.3 is 5.97 Å². The quantitative estimate of drug-likeness (QED) is 0.348. The minimum absolute atomic E-state index is 0.00690. The number of hydrogen-bond acceptors (Lipinski definition) is 5. The molecule has 35 heavy (non-hydrogen) atoms. The highest BCUT2D eigenvalue weighted by Crippen LogP contribution is 2.32. The van der Waals surface area contributed by atoms with Crippen molar-refractivity contribution in [2.75, 3.05) is 36.0 Å². The Morgan fingerprint density at radius 2 is 1.97 bits per heavy atom. The van der Waals surface area contributed by atoms with Crippen LogP contribution in [0.3, 0.4) is 0 Å². The maximum atomic E-state index is 13.7. The molecule has 1 aliphatic rings. The summed E-state index contributed by atoms with van der Waals surface area (Å²) in [7, 11) is 0. The van der Waals surface area contributed by atoms with Crippen LogP contribution in [0.1, 0.15) is 40.2 Å². The normalized spacial score (nSPS) is 14.7. The van der Waals surface area contributed by atoms with E-state index in [0.29, 0.717) is 17.0 Å². The van der Waals surface area contributed by atoms with Crippen LogP contribution in [0.2, 0.25) is 5.02 Å². The van der Waals surface area contributed by atoms with Gasteiger partial charge in [-0.3, -0.25) is 9.59 Å². The molecule has 0 unspecified atom stereocenters. The molecular formula is C26H27BrClN3O3S. The summed E-state index contributed by atoms with van der Waals surface area (Å²) in [4.78, 5) is 32.1. The minimum Gasteiger partial charge on any atom is -0.481 e. The second-order valence-corrected chi connectivity index (χ2v) is 11.1. The Morgan fingerprint density at radius 1 is 1.23 bits per heavy atom. The van der Waals surface area contributed by atoms with Crippen LogP contribution in [0.4, 0.5) is 5.82 Å². The Bertz CT molecular complexity index is 1250. The first-order chi connectivity index (χ1) is 16.8. The average Bonchev–Trinajstić information content (AvgIpc) is 2.84. The second-order valence-electron chi connectivity index (χ2n) is 8.56. The molecule has 3 aromatic rings. The summed E-state index contributed by atoms with van der Waals surface area (Å²) in [6.07, 6.45) is 0.366. The van der Waals surface area contributed by atoms with Crippen LogP contribution in [0.15, 0.2) is 46.9 Å². The van der Waals surface area contributed by atoms with E-state index in [9.17, 15) is 14.7 Å². The van der Waals surface area contributed by atoms with Gasteiger partial charge in [-0.05, 0) is 43.2 Å². The molecule has 1 fully saturated rings. The third-order valence-electron chi connectivity index (χ3n) is 6.26. The topological polar surface area (TPSA) is 82.5 Å². The van der Waals surface area contributed by atoms with E-state index in [1.54, 1.807) is 6.07 Å². The number of aromatic nitrogens is 1. The predicted octanol–water partition coefficient (Wildman–Crippen LogP) is 5.89. The molecule has 6 nitrogen and oxygen atoms in total. The van der Waals surface area contributed by atoms with E-state index in [1.165, 1.54) is 0 Å². The predicted molar refractivity (Wildman–Crippen MR) is 147 cm³/mol. The first kappa shape index (κ1) is 25.8. The molecule has 184 valence electrons. The number of carboxylic acids is 1. The lowest BCUT2D eigenvalue weighted by Crippen LogP contribution is -2.35. The molecule has 4 rings (SSSR count). The molecule has 9 heteroatoms. The standard InChI is InChI=1S/C26H27BrClN3O3S/c1-16-24(20-14-18(27)7-8-22(20)30-25(16)31-10-12-35-13-11-31)26(34)29-15-17(6-9-23(32)33)19-4-2-3-5-21(19)28/h2-5,7-8,14,17H,6,9-13,15H2,1H3,(H,29,34)(H,32,33)/t17-/m1/s1. The van der Waals surface area contributed by atoms with Crippen molar-refractivity contribution >= 4 is 67.9 Å². The summed E-state index contributed by atoms with van der Waals surface area (Å²) in [5, 5.41) is 13.7. The van der Waals surface area contributed by atoms with Crippen LogP contribution in [0.25, 0.3) is 10.9 Å². The van der Waals surface area contributed by atoms with Gasteiger partial charge in [0.15, 0.2) is 0 Å². The molecule has 1 aromatic heterocycles. The number of fused-ring (bicyclic) bond motifs is 1. The van der Waals surface area contributed by atoms with Crippen molar-refractivity contribution in [3.8, 4) is 0 Å². The fourth-order valence-electron chi connectivity index (χ4n) is 4.47. The molecule has 2 N–H and O–H groups in total. The zero-order valence-corrected chi connectivity index (χ0v) is 22.5. The number of amides is 1. The van der Waals surface area contributed by atoms with Crippen molar-refractivity contribution in [2.24, 2.45) is 0 Å². The van der Waals surface area contributed by atoms with Gasteiger partial charge in [0.25, 0.3) is 5.91 Å². The minimum atomic E-state index is -0.876. The molecule has 0 radical (unpaired) electrons. The van der Waals surface area contributed by atoms with Crippen LogP contribution in [-0.4, -0.2) is 53.1 Å². The number of thioether (sulfide) groups is 1. The van der Waals surface area contributed by atoms with Gasteiger partial charge in [0.05, 0.1) is 11.1 Å². The van der Waals surface area contributed by atoms with Crippen molar-refractivity contribution in [1.29, 1.82) is 0 Å². The molecule has 1 saturated heterocycles. The third kappa shape index (κ3) is 6.11. The maximum absolute atomic E-state index is 13.7. The Morgan fingerprint density at radius 3 is 2.69 bits per heavy atom. The van der Waals surface area contributed by atoms with Crippen molar-refractivity contribution in [2.45, 2.75) is 25.7 Å². The van der Waals surface area contributed by atoms with E-state index >= 15 is 0 Å². The fourth-order valence-corrected chi connectivity index (χ4v) is 6.02. The number of halogens is 2. The molecule has 2 aromatic carbocycles. The number of nitrogens with zero attached hydrogens (tertiary/aromatic N) is 2. The average molecular weight is 577 g/mol. The first-order valence-corrected chi connectivity index (χ1v) is 13.8. The third-order valence-corrected chi connectivity index (χ3v) is 8.04. The number of rotatable bonds is 8. The van der Waals surface area contributed by atoms with Crippen LogP contribution in [0.5, 0.6) is 0 Å². The summed E-state index contributed by atoms with van der Waals surface area (Å²) in [5.74, 6) is 1.61. The fraction of sp³-hybridized carbons (Fsp3) is 0.346. The highest BCUT2D eigenvalue weighted by molar-refractivity contribution is 9.10. The van der Waals surface area contributed by atoms with E-state index in [4.69, 9.17) is 16.6 Å². The zero-order valence-electron chi connectivity index (χ0n) is 19.4. The van der Waals surface area contributed by atoms with Crippen molar-refractivity contribution in [3.05, 3.63) is 68.7 Å². The van der Waals surface area contributed by atoms with Crippen LogP contribution < -0.4 is 10.2 Å². The van der Waals surface area contributed by atoms with E-state index in [0.717, 1.165) is 56.9 Å². The van der Waals surface area contributed by atoms with Gasteiger partial charge in [-0.1, -0.05) is 45.7 Å². The van der Waals surface area contributed by atoms with Crippen LogP contribution >= 0.6 is 39.3 Å². The monoisotopic (exact) mass is 575 g/mol. The smallest absolute Gasteiger partial charge is 0.303 e. The van der Waals surface area contributed by atoms with E-state index in [1.807, 2.05) is 55.1 Å². The molecule has 0 spiro atoms. The molecule has 1 aliphatic heterocycles.